The lowest BCUT2D eigenvalue weighted by atomic mass is 10.2. The monoisotopic (exact) mass is 349 g/mol. The van der Waals surface area contributed by atoms with Crippen molar-refractivity contribution in [1.29, 1.82) is 0 Å². The van der Waals surface area contributed by atoms with Crippen molar-refractivity contribution in [3.05, 3.63) is 34.3 Å². The topological polar surface area (TPSA) is 61.4 Å². The van der Waals surface area contributed by atoms with Crippen LogP contribution in [-0.4, -0.2) is 39.9 Å². The van der Waals surface area contributed by atoms with E-state index in [1.165, 1.54) is 4.31 Å². The maximum absolute atomic E-state index is 12.0. The first kappa shape index (κ1) is 16.6. The van der Waals surface area contributed by atoms with Crippen LogP contribution < -0.4 is 10.0 Å². The summed E-state index contributed by atoms with van der Waals surface area (Å²) in [5.74, 6) is 0. The number of rotatable bonds is 8. The molecule has 0 aliphatic carbocycles. The average molecular weight is 350 g/mol. The third-order valence-electron chi connectivity index (χ3n) is 2.68. The molecule has 2 N–H and O–H groups in total. The van der Waals surface area contributed by atoms with Gasteiger partial charge in [0.2, 0.25) is 0 Å². The summed E-state index contributed by atoms with van der Waals surface area (Å²) < 4.78 is 28.8. The second-order valence-electron chi connectivity index (χ2n) is 4.23. The van der Waals surface area contributed by atoms with Crippen LogP contribution in [0.1, 0.15) is 12.0 Å². The van der Waals surface area contributed by atoms with E-state index in [1.54, 1.807) is 7.05 Å². The van der Waals surface area contributed by atoms with Crippen LogP contribution in [-0.2, 0) is 16.8 Å². The molecule has 1 aromatic rings. The Kier molecular flexibility index (Phi) is 6.95. The van der Waals surface area contributed by atoms with Crippen LogP contribution in [0.15, 0.2) is 28.7 Å². The van der Waals surface area contributed by atoms with E-state index in [4.69, 9.17) is 0 Å². The number of benzene rings is 1. The zero-order chi connectivity index (χ0) is 14.3. The lowest BCUT2D eigenvalue weighted by molar-refractivity contribution is 0.447. The molecule has 0 heterocycles. The van der Waals surface area contributed by atoms with Gasteiger partial charge in [0.15, 0.2) is 0 Å². The molecule has 108 valence electrons. The van der Waals surface area contributed by atoms with Gasteiger partial charge in [-0.2, -0.15) is 17.4 Å². The Morgan fingerprint density at radius 1 is 1.26 bits per heavy atom. The molecule has 7 heteroatoms. The summed E-state index contributed by atoms with van der Waals surface area (Å²) in [6.45, 7) is 1.59. The molecule has 0 aliphatic heterocycles. The zero-order valence-electron chi connectivity index (χ0n) is 11.2. The maximum atomic E-state index is 12.0. The van der Waals surface area contributed by atoms with Crippen LogP contribution in [0.4, 0.5) is 0 Å². The van der Waals surface area contributed by atoms with Crippen LogP contribution >= 0.6 is 15.9 Å². The number of hydrogen-bond donors (Lipinski definition) is 2. The fraction of sp³-hybridized carbons (Fsp3) is 0.500. The molecule has 5 nitrogen and oxygen atoms in total. The van der Waals surface area contributed by atoms with E-state index in [0.29, 0.717) is 13.1 Å². The summed E-state index contributed by atoms with van der Waals surface area (Å²) in [4.78, 5) is 0. The van der Waals surface area contributed by atoms with Gasteiger partial charge >= 0.3 is 0 Å². The summed E-state index contributed by atoms with van der Waals surface area (Å²) in [5, 5.41) is 2.99. The molecule has 19 heavy (non-hydrogen) atoms. The van der Waals surface area contributed by atoms with Crippen LogP contribution in [0.5, 0.6) is 0 Å². The summed E-state index contributed by atoms with van der Waals surface area (Å²) >= 11 is 3.34. The quantitative estimate of drug-likeness (QED) is 0.696. The number of halogens is 1. The molecule has 0 atom stereocenters. The van der Waals surface area contributed by atoms with E-state index in [9.17, 15) is 8.42 Å². The lowest BCUT2D eigenvalue weighted by Crippen LogP contribution is -2.38. The third kappa shape index (κ3) is 6.01. The van der Waals surface area contributed by atoms with Crippen molar-refractivity contribution in [2.24, 2.45) is 0 Å². The largest absolute Gasteiger partial charge is 0.320 e. The highest BCUT2D eigenvalue weighted by atomic mass is 79.9. The Morgan fingerprint density at radius 2 is 1.89 bits per heavy atom. The Hall–Kier alpha value is -0.470. The molecule has 0 aromatic heterocycles. The molecular formula is C12H20BrN3O2S. The average Bonchev–Trinajstić information content (AvgIpc) is 2.38. The predicted octanol–water partition coefficient (Wildman–Crippen LogP) is 1.32. The van der Waals surface area contributed by atoms with Gasteiger partial charge in [0.05, 0.1) is 0 Å². The highest BCUT2D eigenvalue weighted by Crippen LogP contribution is 2.10. The molecule has 0 radical (unpaired) electrons. The van der Waals surface area contributed by atoms with Crippen molar-refractivity contribution in [2.45, 2.75) is 13.0 Å². The van der Waals surface area contributed by atoms with E-state index in [1.807, 2.05) is 31.3 Å². The summed E-state index contributed by atoms with van der Waals surface area (Å²) in [5.41, 5.74) is 0.926. The predicted molar refractivity (Wildman–Crippen MR) is 81.1 cm³/mol. The molecule has 0 spiro atoms. The maximum Gasteiger partial charge on any atom is 0.279 e. The first-order valence-electron chi connectivity index (χ1n) is 6.05. The number of nitrogens with one attached hydrogen (secondary N) is 2. The molecule has 1 rings (SSSR count). The smallest absolute Gasteiger partial charge is 0.279 e. The standard InChI is InChI=1S/C12H20BrN3O2S/c1-14-8-3-9-16(2)19(17,18)15-10-11-4-6-12(13)7-5-11/h4-7,14-15H,3,8-10H2,1-2H3. The summed E-state index contributed by atoms with van der Waals surface area (Å²) in [6, 6.07) is 7.54. The van der Waals surface area contributed by atoms with Gasteiger partial charge in [-0.05, 0) is 37.7 Å². The van der Waals surface area contributed by atoms with Gasteiger partial charge < -0.3 is 5.32 Å². The van der Waals surface area contributed by atoms with Crippen LogP contribution in [0.25, 0.3) is 0 Å². The Balaban J connectivity index is 2.47. The van der Waals surface area contributed by atoms with Gasteiger partial charge in [-0.25, -0.2) is 0 Å². The van der Waals surface area contributed by atoms with Gasteiger partial charge in [-0.15, -0.1) is 0 Å². The minimum absolute atomic E-state index is 0.298. The van der Waals surface area contributed by atoms with Crippen molar-refractivity contribution in [2.75, 3.05) is 27.2 Å². The van der Waals surface area contributed by atoms with E-state index in [0.717, 1.165) is 23.0 Å². The van der Waals surface area contributed by atoms with Gasteiger partial charge in [0.1, 0.15) is 0 Å². The summed E-state index contributed by atoms with van der Waals surface area (Å²) in [7, 11) is 0.0252. The first-order valence-corrected chi connectivity index (χ1v) is 8.29. The van der Waals surface area contributed by atoms with E-state index < -0.39 is 10.2 Å². The molecule has 1 aromatic carbocycles. The molecule has 0 fully saturated rings. The van der Waals surface area contributed by atoms with E-state index >= 15 is 0 Å². The van der Waals surface area contributed by atoms with Crippen LogP contribution in [0.2, 0.25) is 0 Å². The van der Waals surface area contributed by atoms with E-state index in [2.05, 4.69) is 26.0 Å². The van der Waals surface area contributed by atoms with Gasteiger partial charge in [-0.3, -0.25) is 0 Å². The normalized spacial score (nSPS) is 12.0. The first-order chi connectivity index (χ1) is 8.95. The van der Waals surface area contributed by atoms with E-state index in [-0.39, 0.29) is 0 Å². The number of nitrogens with zero attached hydrogens (tertiary/aromatic N) is 1. The fourth-order valence-electron chi connectivity index (χ4n) is 1.49. The lowest BCUT2D eigenvalue weighted by Gasteiger charge is -2.17. The van der Waals surface area contributed by atoms with Crippen LogP contribution in [0, 0.1) is 0 Å². The molecule has 0 aliphatic rings. The van der Waals surface area contributed by atoms with Crippen molar-refractivity contribution < 1.29 is 8.42 Å². The van der Waals surface area contributed by atoms with Crippen LogP contribution in [0.3, 0.4) is 0 Å². The zero-order valence-corrected chi connectivity index (χ0v) is 13.6. The Morgan fingerprint density at radius 3 is 2.47 bits per heavy atom. The minimum Gasteiger partial charge on any atom is -0.320 e. The van der Waals surface area contributed by atoms with Crippen molar-refractivity contribution in [1.82, 2.24) is 14.3 Å². The molecular weight excluding hydrogens is 330 g/mol. The van der Waals surface area contributed by atoms with Gasteiger partial charge in [0, 0.05) is 24.6 Å². The molecule has 0 amide bonds. The Labute approximate surface area is 123 Å². The second kappa shape index (κ2) is 7.96. The molecule has 0 saturated heterocycles. The highest BCUT2D eigenvalue weighted by molar-refractivity contribution is 9.10. The highest BCUT2D eigenvalue weighted by Gasteiger charge is 2.16. The molecule has 0 saturated carbocycles. The van der Waals surface area contributed by atoms with Crippen molar-refractivity contribution in [3.8, 4) is 0 Å². The molecule has 0 bridgehead atoms. The second-order valence-corrected chi connectivity index (χ2v) is 7.01. The molecule has 0 unspecified atom stereocenters. The van der Waals surface area contributed by atoms with Crippen molar-refractivity contribution in [3.63, 3.8) is 0 Å². The number of hydrogen-bond acceptors (Lipinski definition) is 3. The Bertz CT molecular complexity index is 476. The van der Waals surface area contributed by atoms with Crippen molar-refractivity contribution >= 4 is 26.1 Å². The van der Waals surface area contributed by atoms with Gasteiger partial charge in [0.25, 0.3) is 10.2 Å². The fourth-order valence-corrected chi connectivity index (χ4v) is 2.69. The third-order valence-corrected chi connectivity index (χ3v) is 4.72. The minimum atomic E-state index is -3.41. The summed E-state index contributed by atoms with van der Waals surface area (Å²) in [6.07, 6.45) is 0.784. The van der Waals surface area contributed by atoms with Gasteiger partial charge in [-0.1, -0.05) is 28.1 Å². The SMILES string of the molecule is CNCCCN(C)S(=O)(=O)NCc1ccc(Br)cc1.